The van der Waals surface area contributed by atoms with Crippen molar-refractivity contribution in [1.82, 2.24) is 9.80 Å². The third kappa shape index (κ3) is 4.57. The van der Waals surface area contributed by atoms with Crippen LogP contribution in [0.15, 0.2) is 72.8 Å². The van der Waals surface area contributed by atoms with Crippen LogP contribution < -0.4 is 0 Å². The molecule has 2 aliphatic heterocycles. The number of halogens is 1. The number of nitrogens with zero attached hydrogens (tertiary/aromatic N) is 2. The van der Waals surface area contributed by atoms with Gasteiger partial charge >= 0.3 is 12.1 Å². The molecule has 0 radical (unpaired) electrons. The second kappa shape index (κ2) is 9.65. The minimum Gasteiger partial charge on any atom is -0.465 e. The van der Waals surface area contributed by atoms with E-state index >= 15 is 0 Å². The average molecular weight is 486 g/mol. The minimum atomic E-state index is -1.07. The van der Waals surface area contributed by atoms with E-state index in [2.05, 4.69) is 0 Å². The molecule has 1 N–H and O–H groups in total. The number of esters is 1. The number of hydrogen-bond acceptors (Lipinski definition) is 4. The van der Waals surface area contributed by atoms with Crippen LogP contribution in [0.5, 0.6) is 0 Å². The molecule has 2 heterocycles. The zero-order valence-corrected chi connectivity index (χ0v) is 19.3. The monoisotopic (exact) mass is 486 g/mol. The normalized spacial score (nSPS) is 17.7. The Morgan fingerprint density at radius 3 is 2.53 bits per heavy atom. The molecule has 0 saturated carbocycles. The van der Waals surface area contributed by atoms with Crippen LogP contribution in [0.1, 0.15) is 43.8 Å². The maximum atomic E-state index is 14.7. The standard InChI is InChI=1S/C28H23FN2O5/c29-24-11-10-19(15-25-21-8-4-5-9-22(21)27(33)36-25)14-23(24)26(32)30-13-12-20(17-30)31(28(34)35)16-18-6-2-1-3-7-18/h1-11,14-15,20H,12-13,16-17H2,(H,34,35)/t20-/m0/s1. The number of likely N-dealkylation sites (tertiary alicyclic amines) is 1. The van der Waals surface area contributed by atoms with Gasteiger partial charge in [-0.15, -0.1) is 0 Å². The molecular formula is C28H23FN2O5. The number of hydrogen-bond donors (Lipinski definition) is 1. The quantitative estimate of drug-likeness (QED) is 0.519. The van der Waals surface area contributed by atoms with Crippen molar-refractivity contribution in [3.05, 3.63) is 106 Å². The highest BCUT2D eigenvalue weighted by Crippen LogP contribution is 2.31. The summed E-state index contributed by atoms with van der Waals surface area (Å²) in [5.74, 6) is -1.31. The van der Waals surface area contributed by atoms with Crippen LogP contribution in [0.25, 0.3) is 11.8 Å². The molecule has 0 aromatic heterocycles. The van der Waals surface area contributed by atoms with E-state index in [0.717, 1.165) is 5.56 Å². The van der Waals surface area contributed by atoms with Gasteiger partial charge in [0.05, 0.1) is 17.2 Å². The molecule has 182 valence electrons. The van der Waals surface area contributed by atoms with Crippen LogP contribution in [-0.4, -0.2) is 52.0 Å². The molecule has 1 fully saturated rings. The summed E-state index contributed by atoms with van der Waals surface area (Å²) in [6.45, 7) is 0.700. The lowest BCUT2D eigenvalue weighted by Gasteiger charge is -2.26. The molecule has 0 aliphatic carbocycles. The number of fused-ring (bicyclic) bond motifs is 1. The topological polar surface area (TPSA) is 87.2 Å². The van der Waals surface area contributed by atoms with Gasteiger partial charge in [-0.3, -0.25) is 9.69 Å². The summed E-state index contributed by atoms with van der Waals surface area (Å²) < 4.78 is 20.1. The maximum Gasteiger partial charge on any atom is 0.407 e. The number of carbonyl (C=O) groups is 3. The molecule has 1 atom stereocenters. The molecule has 8 heteroatoms. The molecule has 1 saturated heterocycles. The number of benzene rings is 3. The molecule has 3 aromatic carbocycles. The SMILES string of the molecule is O=C1OC(=Cc2ccc(F)c(C(=O)N3CC[C@H](N(Cc4ccccc4)C(=O)O)C3)c2)c2ccccc21. The number of amides is 2. The van der Waals surface area contributed by atoms with Crippen molar-refractivity contribution in [3.63, 3.8) is 0 Å². The predicted octanol–water partition coefficient (Wildman–Crippen LogP) is 4.89. The van der Waals surface area contributed by atoms with Crippen molar-refractivity contribution in [3.8, 4) is 0 Å². The van der Waals surface area contributed by atoms with E-state index in [1.807, 2.05) is 30.3 Å². The van der Waals surface area contributed by atoms with E-state index in [1.165, 1.54) is 28.0 Å². The summed E-state index contributed by atoms with van der Waals surface area (Å²) in [4.78, 5) is 40.0. The van der Waals surface area contributed by atoms with Crippen LogP contribution in [0.4, 0.5) is 9.18 Å². The Morgan fingerprint density at radius 1 is 1.06 bits per heavy atom. The van der Waals surface area contributed by atoms with E-state index in [9.17, 15) is 23.9 Å². The second-order valence-corrected chi connectivity index (χ2v) is 8.77. The third-order valence-electron chi connectivity index (χ3n) is 6.47. The van der Waals surface area contributed by atoms with Crippen molar-refractivity contribution in [2.75, 3.05) is 13.1 Å². The summed E-state index contributed by atoms with van der Waals surface area (Å²) in [5, 5.41) is 9.76. The Labute approximate surface area is 207 Å². The summed E-state index contributed by atoms with van der Waals surface area (Å²) in [6, 6.07) is 19.9. The number of carbonyl (C=O) groups excluding carboxylic acids is 2. The van der Waals surface area contributed by atoms with Crippen molar-refractivity contribution < 1.29 is 28.6 Å². The highest BCUT2D eigenvalue weighted by Gasteiger charge is 2.34. The van der Waals surface area contributed by atoms with E-state index in [-0.39, 0.29) is 18.7 Å². The van der Waals surface area contributed by atoms with Gasteiger partial charge in [0, 0.05) is 25.2 Å². The average Bonchev–Trinajstić information content (AvgIpc) is 3.49. The van der Waals surface area contributed by atoms with E-state index in [1.54, 1.807) is 30.3 Å². The van der Waals surface area contributed by atoms with E-state index in [4.69, 9.17) is 4.74 Å². The van der Waals surface area contributed by atoms with Gasteiger partial charge in [-0.25, -0.2) is 14.0 Å². The van der Waals surface area contributed by atoms with Crippen LogP contribution in [0.2, 0.25) is 0 Å². The Bertz CT molecular complexity index is 1370. The molecule has 3 aromatic rings. The Kier molecular flexibility index (Phi) is 6.25. The van der Waals surface area contributed by atoms with E-state index < -0.39 is 29.8 Å². The lowest BCUT2D eigenvalue weighted by molar-refractivity contribution is 0.0715. The van der Waals surface area contributed by atoms with Crippen molar-refractivity contribution >= 4 is 29.8 Å². The van der Waals surface area contributed by atoms with Crippen molar-refractivity contribution in [1.29, 1.82) is 0 Å². The van der Waals surface area contributed by atoms with Crippen molar-refractivity contribution in [2.45, 2.75) is 19.0 Å². The number of carboxylic acid groups (broad SMARTS) is 1. The summed E-state index contributed by atoms with van der Waals surface area (Å²) in [5.41, 5.74) is 2.32. The molecule has 0 bridgehead atoms. The first-order valence-corrected chi connectivity index (χ1v) is 11.6. The minimum absolute atomic E-state index is 0.118. The Hall–Kier alpha value is -4.46. The highest BCUT2D eigenvalue weighted by molar-refractivity contribution is 6.05. The Morgan fingerprint density at radius 2 is 1.78 bits per heavy atom. The molecule has 5 rings (SSSR count). The molecule has 0 unspecified atom stereocenters. The molecular weight excluding hydrogens is 463 g/mol. The number of ether oxygens (including phenoxy) is 1. The van der Waals surface area contributed by atoms with Gasteiger partial charge in [0.1, 0.15) is 11.6 Å². The van der Waals surface area contributed by atoms with Crippen LogP contribution >= 0.6 is 0 Å². The maximum absolute atomic E-state index is 14.7. The zero-order valence-electron chi connectivity index (χ0n) is 19.3. The zero-order chi connectivity index (χ0) is 25.2. The fourth-order valence-corrected chi connectivity index (χ4v) is 4.63. The highest BCUT2D eigenvalue weighted by atomic mass is 19.1. The van der Waals surface area contributed by atoms with Gasteiger partial charge in [-0.05, 0) is 41.8 Å². The van der Waals surface area contributed by atoms with Gasteiger partial charge in [-0.2, -0.15) is 0 Å². The van der Waals surface area contributed by atoms with Crippen LogP contribution in [-0.2, 0) is 11.3 Å². The van der Waals surface area contributed by atoms with Gasteiger partial charge in [0.2, 0.25) is 0 Å². The van der Waals surface area contributed by atoms with Crippen LogP contribution in [0, 0.1) is 5.82 Å². The Balaban J connectivity index is 1.34. The number of rotatable bonds is 5. The molecule has 2 aliphatic rings. The van der Waals surface area contributed by atoms with Gasteiger partial charge in [0.25, 0.3) is 5.91 Å². The van der Waals surface area contributed by atoms with E-state index in [0.29, 0.717) is 35.4 Å². The van der Waals surface area contributed by atoms with Gasteiger partial charge < -0.3 is 14.7 Å². The molecule has 36 heavy (non-hydrogen) atoms. The fourth-order valence-electron chi connectivity index (χ4n) is 4.63. The lowest BCUT2D eigenvalue weighted by atomic mass is 10.0. The molecule has 0 spiro atoms. The van der Waals surface area contributed by atoms with Gasteiger partial charge in [-0.1, -0.05) is 54.6 Å². The van der Waals surface area contributed by atoms with Crippen molar-refractivity contribution in [2.24, 2.45) is 0 Å². The first-order chi connectivity index (χ1) is 17.4. The molecule has 2 amide bonds. The first-order valence-electron chi connectivity index (χ1n) is 11.6. The predicted molar refractivity (Wildman–Crippen MR) is 130 cm³/mol. The number of cyclic esters (lactones) is 1. The third-order valence-corrected chi connectivity index (χ3v) is 6.47. The first kappa shape index (κ1) is 23.3. The largest absolute Gasteiger partial charge is 0.465 e. The summed E-state index contributed by atoms with van der Waals surface area (Å²) in [7, 11) is 0. The fraction of sp³-hybridized carbons (Fsp3) is 0.179. The lowest BCUT2D eigenvalue weighted by Crippen LogP contribution is -2.41. The second-order valence-electron chi connectivity index (χ2n) is 8.77. The van der Waals surface area contributed by atoms with Gasteiger partial charge in [0.15, 0.2) is 0 Å². The molecule has 7 nitrogen and oxygen atoms in total. The van der Waals surface area contributed by atoms with Crippen LogP contribution in [0.3, 0.4) is 0 Å². The summed E-state index contributed by atoms with van der Waals surface area (Å²) >= 11 is 0. The smallest absolute Gasteiger partial charge is 0.407 e. The summed E-state index contributed by atoms with van der Waals surface area (Å²) in [6.07, 6.45) is 0.992.